The highest BCUT2D eigenvalue weighted by atomic mass is 35.5. The summed E-state index contributed by atoms with van der Waals surface area (Å²) in [4.78, 5) is 28.2. The van der Waals surface area contributed by atoms with E-state index in [1.807, 2.05) is 18.2 Å². The molecule has 3 rings (SSSR count). The minimum absolute atomic E-state index is 0.167. The molecule has 8 heteroatoms. The molecule has 1 heterocycles. The minimum atomic E-state index is -0.484. The van der Waals surface area contributed by atoms with Gasteiger partial charge in [0.2, 0.25) is 11.8 Å². The van der Waals surface area contributed by atoms with Gasteiger partial charge < -0.3 is 10.6 Å². The van der Waals surface area contributed by atoms with Crippen LogP contribution in [0.25, 0.3) is 0 Å². The molecule has 0 bridgehead atoms. The lowest BCUT2D eigenvalue weighted by Gasteiger charge is -2.12. The molecule has 0 radical (unpaired) electrons. The molecule has 138 valence electrons. The monoisotopic (exact) mass is 383 g/mol. The first-order chi connectivity index (χ1) is 13.0. The minimum Gasteiger partial charge on any atom is -0.326 e. The fraction of sp³-hybridized carbons (Fsp3) is 0.158. The van der Waals surface area contributed by atoms with Gasteiger partial charge in [-0.05, 0) is 42.8 Å². The van der Waals surface area contributed by atoms with Crippen molar-refractivity contribution in [2.75, 3.05) is 10.6 Å². The Hall–Kier alpha value is -3.19. The maximum absolute atomic E-state index is 12.2. The Bertz CT molecular complexity index is 926. The van der Waals surface area contributed by atoms with Gasteiger partial charge in [-0.2, -0.15) is 5.10 Å². The Morgan fingerprint density at radius 2 is 1.74 bits per heavy atom. The third-order valence-corrected chi connectivity index (χ3v) is 4.33. The summed E-state index contributed by atoms with van der Waals surface area (Å²) < 4.78 is 1.47. The van der Waals surface area contributed by atoms with Crippen LogP contribution in [0.1, 0.15) is 18.5 Å². The maximum Gasteiger partial charge on any atom is 0.249 e. The highest BCUT2D eigenvalue weighted by molar-refractivity contribution is 6.31. The summed E-state index contributed by atoms with van der Waals surface area (Å²) in [6, 6.07) is 13.6. The number of carbonyl (C=O) groups is 2. The average molecular weight is 384 g/mol. The Kier molecular flexibility index (Phi) is 5.83. The van der Waals surface area contributed by atoms with Gasteiger partial charge in [-0.25, -0.2) is 9.67 Å². The van der Waals surface area contributed by atoms with Crippen LogP contribution in [0, 0.1) is 0 Å². The largest absolute Gasteiger partial charge is 0.326 e. The molecule has 0 spiro atoms. The molecule has 1 aromatic heterocycles. The first-order valence-electron chi connectivity index (χ1n) is 8.31. The van der Waals surface area contributed by atoms with Gasteiger partial charge in [0.05, 0.1) is 6.42 Å². The lowest BCUT2D eigenvalue weighted by atomic mass is 10.1. The molecule has 0 saturated carbocycles. The standard InChI is InChI=1S/C19H18ClN5O2/c1-13(25-12-21-11-22-25)19(27)24-16-8-6-15(7-9-16)23-18(26)10-14-4-2-3-5-17(14)20/h2-9,11-13H,10H2,1H3,(H,23,26)(H,24,27). The Labute approximate surface area is 161 Å². The van der Waals surface area contributed by atoms with Gasteiger partial charge in [-0.1, -0.05) is 29.8 Å². The summed E-state index contributed by atoms with van der Waals surface area (Å²) in [6.07, 6.45) is 3.05. The summed E-state index contributed by atoms with van der Waals surface area (Å²) in [5, 5.41) is 10.1. The van der Waals surface area contributed by atoms with Crippen LogP contribution < -0.4 is 10.6 Å². The molecule has 2 amide bonds. The van der Waals surface area contributed by atoms with Gasteiger partial charge in [0.1, 0.15) is 18.7 Å². The molecule has 0 aliphatic rings. The van der Waals surface area contributed by atoms with E-state index in [9.17, 15) is 9.59 Å². The van der Waals surface area contributed by atoms with Crippen LogP contribution in [0.3, 0.4) is 0 Å². The second-order valence-corrected chi connectivity index (χ2v) is 6.34. The fourth-order valence-corrected chi connectivity index (χ4v) is 2.64. The third kappa shape index (κ3) is 4.92. The van der Waals surface area contributed by atoms with Crippen molar-refractivity contribution in [2.24, 2.45) is 0 Å². The molecule has 0 aliphatic heterocycles. The normalized spacial score (nSPS) is 11.6. The molecular formula is C19H18ClN5O2. The van der Waals surface area contributed by atoms with Gasteiger partial charge in [-0.15, -0.1) is 0 Å². The number of nitrogens with zero attached hydrogens (tertiary/aromatic N) is 3. The Morgan fingerprint density at radius 1 is 1.07 bits per heavy atom. The molecule has 27 heavy (non-hydrogen) atoms. The van der Waals surface area contributed by atoms with Crippen LogP contribution in [0.2, 0.25) is 5.02 Å². The highest BCUT2D eigenvalue weighted by Gasteiger charge is 2.15. The van der Waals surface area contributed by atoms with Crippen LogP contribution in [0.4, 0.5) is 11.4 Å². The molecular weight excluding hydrogens is 366 g/mol. The average Bonchev–Trinajstić information content (AvgIpc) is 3.19. The SMILES string of the molecule is CC(C(=O)Nc1ccc(NC(=O)Cc2ccccc2Cl)cc1)n1cncn1. The van der Waals surface area contributed by atoms with Gasteiger partial charge >= 0.3 is 0 Å². The molecule has 3 aromatic rings. The number of benzene rings is 2. The van der Waals surface area contributed by atoms with E-state index < -0.39 is 6.04 Å². The number of amides is 2. The van der Waals surface area contributed by atoms with Crippen molar-refractivity contribution in [3.8, 4) is 0 Å². The predicted molar refractivity (Wildman–Crippen MR) is 104 cm³/mol. The van der Waals surface area contributed by atoms with E-state index in [1.54, 1.807) is 37.3 Å². The number of anilines is 2. The second-order valence-electron chi connectivity index (χ2n) is 5.93. The van der Waals surface area contributed by atoms with Crippen LogP contribution in [-0.2, 0) is 16.0 Å². The lowest BCUT2D eigenvalue weighted by molar-refractivity contribution is -0.119. The molecule has 0 fully saturated rings. The molecule has 2 N–H and O–H groups in total. The van der Waals surface area contributed by atoms with E-state index >= 15 is 0 Å². The highest BCUT2D eigenvalue weighted by Crippen LogP contribution is 2.18. The molecule has 1 unspecified atom stereocenters. The van der Waals surface area contributed by atoms with Gasteiger partial charge in [0.15, 0.2) is 0 Å². The summed E-state index contributed by atoms with van der Waals surface area (Å²) >= 11 is 6.07. The van der Waals surface area contributed by atoms with Gasteiger partial charge in [0, 0.05) is 16.4 Å². The zero-order chi connectivity index (χ0) is 19.2. The van der Waals surface area contributed by atoms with Gasteiger partial charge in [-0.3, -0.25) is 9.59 Å². The maximum atomic E-state index is 12.2. The van der Waals surface area contributed by atoms with Crippen molar-refractivity contribution in [1.29, 1.82) is 0 Å². The van der Waals surface area contributed by atoms with E-state index in [0.29, 0.717) is 16.4 Å². The van der Waals surface area contributed by atoms with Crippen LogP contribution in [0.5, 0.6) is 0 Å². The number of hydrogen-bond donors (Lipinski definition) is 2. The zero-order valence-corrected chi connectivity index (χ0v) is 15.3. The van der Waals surface area contributed by atoms with Crippen molar-refractivity contribution in [1.82, 2.24) is 14.8 Å². The Morgan fingerprint density at radius 3 is 2.37 bits per heavy atom. The van der Waals surface area contributed by atoms with E-state index in [0.717, 1.165) is 5.56 Å². The Balaban J connectivity index is 1.56. The number of aromatic nitrogens is 3. The summed E-state index contributed by atoms with van der Waals surface area (Å²) in [7, 11) is 0. The van der Waals surface area contributed by atoms with E-state index in [2.05, 4.69) is 20.7 Å². The van der Waals surface area contributed by atoms with Crippen LogP contribution >= 0.6 is 11.6 Å². The van der Waals surface area contributed by atoms with Crippen LogP contribution in [0.15, 0.2) is 61.2 Å². The van der Waals surface area contributed by atoms with Crippen LogP contribution in [-0.4, -0.2) is 26.6 Å². The first kappa shape index (κ1) is 18.6. The number of rotatable bonds is 6. The fourth-order valence-electron chi connectivity index (χ4n) is 2.44. The van der Waals surface area contributed by atoms with E-state index in [4.69, 9.17) is 11.6 Å². The van der Waals surface area contributed by atoms with Crippen molar-refractivity contribution in [3.05, 3.63) is 71.8 Å². The first-order valence-corrected chi connectivity index (χ1v) is 8.69. The van der Waals surface area contributed by atoms with E-state index in [-0.39, 0.29) is 18.2 Å². The topological polar surface area (TPSA) is 88.9 Å². The number of nitrogens with one attached hydrogen (secondary N) is 2. The molecule has 7 nitrogen and oxygen atoms in total. The molecule has 0 aliphatic carbocycles. The molecule has 2 aromatic carbocycles. The zero-order valence-electron chi connectivity index (χ0n) is 14.6. The van der Waals surface area contributed by atoms with Crippen molar-refractivity contribution in [2.45, 2.75) is 19.4 Å². The molecule has 1 atom stereocenters. The van der Waals surface area contributed by atoms with E-state index in [1.165, 1.54) is 17.3 Å². The summed E-state index contributed by atoms with van der Waals surface area (Å²) in [5.41, 5.74) is 2.02. The van der Waals surface area contributed by atoms with Crippen molar-refractivity contribution >= 4 is 34.8 Å². The number of hydrogen-bond acceptors (Lipinski definition) is 4. The number of carbonyl (C=O) groups excluding carboxylic acids is 2. The van der Waals surface area contributed by atoms with Crippen molar-refractivity contribution < 1.29 is 9.59 Å². The molecule has 0 saturated heterocycles. The van der Waals surface area contributed by atoms with Gasteiger partial charge in [0.25, 0.3) is 0 Å². The predicted octanol–water partition coefficient (Wildman–Crippen LogP) is 3.31. The summed E-state index contributed by atoms with van der Waals surface area (Å²) in [5.74, 6) is -0.379. The quantitative estimate of drug-likeness (QED) is 0.683. The number of halogens is 1. The summed E-state index contributed by atoms with van der Waals surface area (Å²) in [6.45, 7) is 1.73. The second kappa shape index (κ2) is 8.46. The lowest BCUT2D eigenvalue weighted by Crippen LogP contribution is -2.24. The third-order valence-electron chi connectivity index (χ3n) is 3.96. The van der Waals surface area contributed by atoms with Crippen molar-refractivity contribution in [3.63, 3.8) is 0 Å². The smallest absolute Gasteiger partial charge is 0.249 e.